The van der Waals surface area contributed by atoms with Gasteiger partial charge in [-0.2, -0.15) is 0 Å². The molecule has 2 N–H and O–H groups in total. The average Bonchev–Trinajstić information content (AvgIpc) is 3.12. The van der Waals surface area contributed by atoms with Crippen LogP contribution < -0.4 is 5.11 Å². The number of carboxylic acid groups (broad SMARTS) is 1. The van der Waals surface area contributed by atoms with Gasteiger partial charge in [0.2, 0.25) is 0 Å². The third-order valence-electron chi connectivity index (χ3n) is 6.72. The molecule has 2 atom stereocenters. The molecule has 0 aromatic heterocycles. The summed E-state index contributed by atoms with van der Waals surface area (Å²) in [5, 5.41) is 30.9. The number of hydrogen-bond acceptors (Lipinski definition) is 4. The first-order valence-electron chi connectivity index (χ1n) is 12.9. The number of carbonyl (C=O) groups is 1. The number of aliphatic carboxylic acids is 1. The molecule has 1 aliphatic carbocycles. The predicted molar refractivity (Wildman–Crippen MR) is 141 cm³/mol. The van der Waals surface area contributed by atoms with Gasteiger partial charge in [0.15, 0.2) is 0 Å². The number of phenolic OH excluding ortho intramolecular Hbond substituents is 2. The molecule has 2 fully saturated rings. The molecule has 7 heteroatoms. The standard InChI is InChI=1S/C28H38N2O2.C2H4O2.Co/c1-27(2,3)21-13-9-11-19(25(21)31)17-29-23-15-7-8-16-24(23)30-18-20-12-10-14-22(26(20)32)28(4,5)6;1-2(3)4;/h9-14,17-18,23-24,31-32H,7-8,15-16H2,1-6H3;1H3,(H,3,4);/q;;+2/p-1/t23-,24-;;/m1../s1. The van der Waals surface area contributed by atoms with Crippen molar-refractivity contribution in [3.8, 4) is 11.5 Å². The third kappa shape index (κ3) is 7.02. The molecule has 0 spiro atoms. The molecule has 6 nitrogen and oxygen atoms in total. The maximum atomic E-state index is 11.0. The quantitative estimate of drug-likeness (QED) is 0.584. The van der Waals surface area contributed by atoms with E-state index in [9.17, 15) is 10.2 Å². The van der Waals surface area contributed by atoms with E-state index in [0.717, 1.165) is 57.1 Å². The van der Waals surface area contributed by atoms with Crippen LogP contribution in [0.5, 0.6) is 11.5 Å². The van der Waals surface area contributed by atoms with Gasteiger partial charge >= 0.3 is 205 Å². The Kier molecular flexibility index (Phi) is 8.91. The molecular weight excluding hydrogens is 511 g/mol. The number of carboxylic acids is 1. The van der Waals surface area contributed by atoms with Gasteiger partial charge in [-0.1, -0.05) is 0 Å². The van der Waals surface area contributed by atoms with Crippen LogP contribution in [0.2, 0.25) is 0 Å². The van der Waals surface area contributed by atoms with Crippen molar-refractivity contribution in [3.63, 3.8) is 0 Å². The fourth-order valence-electron chi connectivity index (χ4n) is 4.85. The molecular formula is C30H41CoN2O4+. The SMILES string of the molecule is CC(=O)[O-].CC(C)(C)c1cccc(C=[N+]2[Co][N+](=Cc3cccc(C(C)(C)C)c3O)[C@@H]3CCCC[C@H]32)c1O. The number of fused-ring (bicyclic) bond motifs is 1. The van der Waals surface area contributed by atoms with E-state index in [2.05, 4.69) is 61.2 Å². The summed E-state index contributed by atoms with van der Waals surface area (Å²) in [6.45, 7) is 13.8. The second-order valence-electron chi connectivity index (χ2n) is 11.9. The number of para-hydroxylation sites is 2. The van der Waals surface area contributed by atoms with E-state index in [0.29, 0.717) is 23.6 Å². The monoisotopic (exact) mass is 552 g/mol. The van der Waals surface area contributed by atoms with Gasteiger partial charge in [-0.05, 0) is 6.92 Å². The average molecular weight is 553 g/mol. The van der Waals surface area contributed by atoms with Crippen LogP contribution in [0.3, 0.4) is 0 Å². The van der Waals surface area contributed by atoms with Gasteiger partial charge in [0, 0.05) is 5.97 Å². The zero-order chi connectivity index (χ0) is 27.5. The molecule has 0 unspecified atom stereocenters. The molecule has 0 radical (unpaired) electrons. The van der Waals surface area contributed by atoms with Crippen molar-refractivity contribution in [2.45, 2.75) is 97.1 Å². The van der Waals surface area contributed by atoms with Crippen LogP contribution >= 0.6 is 0 Å². The molecule has 1 saturated heterocycles. The first-order valence-corrected chi connectivity index (χ1v) is 13.8. The van der Waals surface area contributed by atoms with E-state index < -0.39 is 5.97 Å². The van der Waals surface area contributed by atoms with Gasteiger partial charge in [0.1, 0.15) is 0 Å². The summed E-state index contributed by atoms with van der Waals surface area (Å²) < 4.78 is 4.73. The number of aromatic hydroxyl groups is 2. The Morgan fingerprint density at radius 1 is 0.838 bits per heavy atom. The Labute approximate surface area is 227 Å². The number of hydrogen-bond donors (Lipinski definition) is 2. The van der Waals surface area contributed by atoms with Crippen LogP contribution in [0.25, 0.3) is 0 Å². The summed E-state index contributed by atoms with van der Waals surface area (Å²) in [6.07, 6.45) is 9.01. The van der Waals surface area contributed by atoms with Crippen LogP contribution in [-0.4, -0.2) is 47.9 Å². The molecule has 4 rings (SSSR count). The summed E-state index contributed by atoms with van der Waals surface area (Å²) in [4.78, 5) is 8.89. The zero-order valence-electron chi connectivity index (χ0n) is 23.0. The number of nitrogens with zero attached hydrogens (tertiary/aromatic N) is 2. The summed E-state index contributed by atoms with van der Waals surface area (Å²) in [5.41, 5.74) is 3.46. The number of phenols is 2. The van der Waals surface area contributed by atoms with E-state index >= 15 is 0 Å². The Balaban J connectivity index is 0.000000886. The van der Waals surface area contributed by atoms with Gasteiger partial charge in [0.05, 0.1) is 0 Å². The number of rotatable bonds is 2. The predicted octanol–water partition coefficient (Wildman–Crippen LogP) is 4.25. The summed E-state index contributed by atoms with van der Waals surface area (Å²) in [6, 6.07) is 12.9. The molecule has 0 bridgehead atoms. The van der Waals surface area contributed by atoms with Crippen molar-refractivity contribution in [2.24, 2.45) is 0 Å². The van der Waals surface area contributed by atoms with Crippen LogP contribution in [0.15, 0.2) is 36.4 Å². The van der Waals surface area contributed by atoms with Gasteiger partial charge in [-0.15, -0.1) is 0 Å². The van der Waals surface area contributed by atoms with Gasteiger partial charge in [-0.25, -0.2) is 0 Å². The van der Waals surface area contributed by atoms with Crippen molar-refractivity contribution in [1.29, 1.82) is 0 Å². The normalized spacial score (nSPS) is 22.1. The van der Waals surface area contributed by atoms with Crippen LogP contribution in [0.4, 0.5) is 0 Å². The van der Waals surface area contributed by atoms with E-state index in [1.165, 1.54) is 12.8 Å². The molecule has 1 heterocycles. The zero-order valence-corrected chi connectivity index (χ0v) is 24.1. The molecule has 2 aliphatic rings. The molecule has 2 aromatic rings. The Morgan fingerprint density at radius 3 is 1.51 bits per heavy atom. The van der Waals surface area contributed by atoms with E-state index in [1.807, 2.05) is 36.4 Å². The summed E-state index contributed by atoms with van der Waals surface area (Å²) in [5.74, 6) is -0.324. The van der Waals surface area contributed by atoms with Gasteiger partial charge in [0.25, 0.3) is 0 Å². The fraction of sp³-hybridized carbons (Fsp3) is 0.500. The first kappa shape index (κ1) is 28.9. The molecule has 2 aromatic carbocycles. The van der Waals surface area contributed by atoms with Crippen molar-refractivity contribution >= 4 is 18.4 Å². The van der Waals surface area contributed by atoms with E-state index in [4.69, 9.17) is 9.90 Å². The fourth-order valence-corrected chi connectivity index (χ4v) is 6.48. The maximum absolute atomic E-state index is 11.0. The van der Waals surface area contributed by atoms with Gasteiger partial charge in [-0.3, -0.25) is 0 Å². The van der Waals surface area contributed by atoms with Crippen LogP contribution in [0.1, 0.15) is 96.4 Å². The number of carbonyl (C=O) groups excluding carboxylic acids is 1. The first-order chi connectivity index (χ1) is 17.2. The Hall–Kier alpha value is -2.64. The Morgan fingerprint density at radius 2 is 1.19 bits per heavy atom. The molecule has 0 amide bonds. The van der Waals surface area contributed by atoms with Crippen molar-refractivity contribution in [3.05, 3.63) is 58.7 Å². The van der Waals surface area contributed by atoms with E-state index in [-0.39, 0.29) is 10.8 Å². The van der Waals surface area contributed by atoms with Crippen molar-refractivity contribution in [1.82, 2.24) is 0 Å². The topological polar surface area (TPSA) is 86.6 Å². The summed E-state index contributed by atoms with van der Waals surface area (Å²) >= 11 is 1.10. The van der Waals surface area contributed by atoms with Gasteiger partial charge < -0.3 is 9.90 Å². The third-order valence-corrected chi connectivity index (χ3v) is 8.16. The minimum absolute atomic E-state index is 0.112. The second-order valence-corrected chi connectivity index (χ2v) is 13.1. The molecule has 1 aliphatic heterocycles. The summed E-state index contributed by atoms with van der Waals surface area (Å²) in [7, 11) is 0. The van der Waals surface area contributed by atoms with Crippen molar-refractivity contribution < 1.29 is 42.5 Å². The Bertz CT molecular complexity index is 1110. The molecule has 37 heavy (non-hydrogen) atoms. The van der Waals surface area contributed by atoms with Crippen molar-refractivity contribution in [2.75, 3.05) is 0 Å². The van der Waals surface area contributed by atoms with Crippen LogP contribution in [0, 0.1) is 0 Å². The minimum atomic E-state index is -1.08. The number of benzene rings is 2. The van der Waals surface area contributed by atoms with Crippen LogP contribution in [-0.2, 0) is 30.8 Å². The molecule has 1 saturated carbocycles. The van der Waals surface area contributed by atoms with E-state index in [1.54, 1.807) is 0 Å². The molecule has 203 valence electrons. The second kappa shape index (κ2) is 11.4.